The van der Waals surface area contributed by atoms with Gasteiger partial charge in [-0.15, -0.1) is 0 Å². The largest absolute Gasteiger partial charge is 0.378 e. The van der Waals surface area contributed by atoms with Gasteiger partial charge in [-0.05, 0) is 37.5 Å². The Morgan fingerprint density at radius 3 is 2.60 bits per heavy atom. The molecule has 0 saturated heterocycles. The van der Waals surface area contributed by atoms with Crippen LogP contribution in [0.15, 0.2) is 24.5 Å². The summed E-state index contributed by atoms with van der Waals surface area (Å²) in [7, 11) is 1.74. The van der Waals surface area contributed by atoms with Gasteiger partial charge in [0, 0.05) is 37.4 Å². The zero-order chi connectivity index (χ0) is 14.8. The number of carbonyl (C=O) groups excluding carboxylic acids is 1. The molecular weight excluding hydrogens is 252 g/mol. The number of carbonyl (C=O) groups is 1. The first-order valence-corrected chi connectivity index (χ1v) is 7.12. The number of aryl methyl sites for hydroxylation is 1. The predicted molar refractivity (Wildman–Crippen MR) is 78.3 cm³/mol. The second kappa shape index (κ2) is 5.52. The monoisotopic (exact) mass is 276 g/mol. The summed E-state index contributed by atoms with van der Waals surface area (Å²) in [6.45, 7) is 6.40. The standard InChI is InChI=1S/C16H24N2O2/c1-15(2)13(11-16(15,3)20-4)18-14(19)6-5-12-7-9-17-10-8-12/h7-10,13H,5-6,11H2,1-4H3,(H,18,19). The minimum atomic E-state index is -0.143. The third-order valence-corrected chi connectivity index (χ3v) is 5.00. The van der Waals surface area contributed by atoms with Gasteiger partial charge in [-0.1, -0.05) is 13.8 Å². The highest BCUT2D eigenvalue weighted by atomic mass is 16.5. The van der Waals surface area contributed by atoms with Crippen molar-refractivity contribution in [2.24, 2.45) is 5.41 Å². The maximum Gasteiger partial charge on any atom is 0.220 e. The van der Waals surface area contributed by atoms with Crippen LogP contribution < -0.4 is 5.32 Å². The molecule has 2 rings (SSSR count). The quantitative estimate of drug-likeness (QED) is 0.898. The molecule has 1 fully saturated rings. The van der Waals surface area contributed by atoms with Gasteiger partial charge < -0.3 is 10.1 Å². The van der Waals surface area contributed by atoms with Crippen LogP contribution in [0.1, 0.15) is 39.2 Å². The summed E-state index contributed by atoms with van der Waals surface area (Å²) in [5.74, 6) is 0.109. The van der Waals surface area contributed by atoms with Gasteiger partial charge in [-0.2, -0.15) is 0 Å². The Hall–Kier alpha value is -1.42. The second-order valence-electron chi connectivity index (χ2n) is 6.34. The molecule has 4 heteroatoms. The normalized spacial score (nSPS) is 27.7. The molecule has 1 aromatic heterocycles. The third kappa shape index (κ3) is 2.70. The van der Waals surface area contributed by atoms with E-state index < -0.39 is 0 Å². The number of ether oxygens (including phenoxy) is 1. The van der Waals surface area contributed by atoms with Crippen molar-refractivity contribution in [3.8, 4) is 0 Å². The first-order valence-electron chi connectivity index (χ1n) is 7.12. The number of nitrogens with zero attached hydrogens (tertiary/aromatic N) is 1. The summed E-state index contributed by atoms with van der Waals surface area (Å²) in [5, 5.41) is 3.13. The van der Waals surface area contributed by atoms with Gasteiger partial charge in [0.2, 0.25) is 5.91 Å². The maximum absolute atomic E-state index is 12.0. The van der Waals surface area contributed by atoms with E-state index in [1.807, 2.05) is 12.1 Å². The van der Waals surface area contributed by atoms with Gasteiger partial charge >= 0.3 is 0 Å². The van der Waals surface area contributed by atoms with E-state index >= 15 is 0 Å². The lowest BCUT2D eigenvalue weighted by Crippen LogP contribution is -2.68. The van der Waals surface area contributed by atoms with Crippen LogP contribution >= 0.6 is 0 Å². The highest BCUT2D eigenvalue weighted by Gasteiger charge is 2.58. The molecule has 1 amide bonds. The van der Waals surface area contributed by atoms with E-state index in [1.54, 1.807) is 19.5 Å². The van der Waals surface area contributed by atoms with E-state index in [0.29, 0.717) is 6.42 Å². The maximum atomic E-state index is 12.0. The third-order valence-electron chi connectivity index (χ3n) is 5.00. The van der Waals surface area contributed by atoms with E-state index in [-0.39, 0.29) is 23.0 Å². The molecule has 0 aliphatic heterocycles. The molecule has 1 aliphatic rings. The van der Waals surface area contributed by atoms with Crippen molar-refractivity contribution in [3.63, 3.8) is 0 Å². The molecule has 0 spiro atoms. The Balaban J connectivity index is 1.82. The summed E-state index contributed by atoms with van der Waals surface area (Å²) < 4.78 is 5.57. The Kier molecular flexibility index (Phi) is 4.14. The lowest BCUT2D eigenvalue weighted by molar-refractivity contribution is -0.182. The first kappa shape index (κ1) is 15.0. The summed E-state index contributed by atoms with van der Waals surface area (Å²) in [4.78, 5) is 16.0. The Morgan fingerprint density at radius 2 is 2.05 bits per heavy atom. The van der Waals surface area contributed by atoms with Crippen molar-refractivity contribution in [2.45, 2.75) is 51.7 Å². The second-order valence-corrected chi connectivity index (χ2v) is 6.34. The van der Waals surface area contributed by atoms with Crippen LogP contribution in [0.25, 0.3) is 0 Å². The average Bonchev–Trinajstić information content (AvgIpc) is 2.45. The lowest BCUT2D eigenvalue weighted by Gasteiger charge is -2.59. The minimum Gasteiger partial charge on any atom is -0.378 e. The number of methoxy groups -OCH3 is 1. The minimum absolute atomic E-state index is 0.0337. The zero-order valence-electron chi connectivity index (χ0n) is 12.8. The molecule has 4 nitrogen and oxygen atoms in total. The highest BCUT2D eigenvalue weighted by molar-refractivity contribution is 5.76. The molecule has 0 aromatic carbocycles. The molecule has 1 aliphatic carbocycles. The van der Waals surface area contributed by atoms with E-state index in [0.717, 1.165) is 18.4 Å². The Labute approximate surface area is 120 Å². The van der Waals surface area contributed by atoms with Crippen molar-refractivity contribution in [2.75, 3.05) is 7.11 Å². The van der Waals surface area contributed by atoms with E-state index in [1.165, 1.54) is 0 Å². The molecule has 1 aromatic rings. The van der Waals surface area contributed by atoms with Crippen LogP contribution in [0, 0.1) is 5.41 Å². The van der Waals surface area contributed by atoms with Gasteiger partial charge in [-0.25, -0.2) is 0 Å². The Morgan fingerprint density at radius 1 is 1.40 bits per heavy atom. The molecule has 2 unspecified atom stereocenters. The summed E-state index contributed by atoms with van der Waals surface area (Å²) in [6, 6.07) is 4.09. The number of amides is 1. The molecular formula is C16H24N2O2. The first-order chi connectivity index (χ1) is 9.39. The summed E-state index contributed by atoms with van der Waals surface area (Å²) in [5.41, 5.74) is 0.967. The number of rotatable bonds is 5. The molecule has 2 atom stereocenters. The fourth-order valence-electron chi connectivity index (χ4n) is 2.80. The number of aromatic nitrogens is 1. The van der Waals surface area contributed by atoms with Crippen LogP contribution in [-0.2, 0) is 16.0 Å². The van der Waals surface area contributed by atoms with Crippen molar-refractivity contribution in [1.29, 1.82) is 0 Å². The molecule has 1 saturated carbocycles. The van der Waals surface area contributed by atoms with Crippen molar-refractivity contribution >= 4 is 5.91 Å². The van der Waals surface area contributed by atoms with Crippen LogP contribution in [0.3, 0.4) is 0 Å². The highest BCUT2D eigenvalue weighted by Crippen LogP contribution is 2.51. The summed E-state index contributed by atoms with van der Waals surface area (Å²) in [6.07, 6.45) is 5.65. The van der Waals surface area contributed by atoms with Gasteiger partial charge in [-0.3, -0.25) is 9.78 Å². The van der Waals surface area contributed by atoms with Gasteiger partial charge in [0.1, 0.15) is 0 Å². The molecule has 0 radical (unpaired) electrons. The average molecular weight is 276 g/mol. The fourth-order valence-corrected chi connectivity index (χ4v) is 2.80. The Bertz CT molecular complexity index is 473. The number of hydrogen-bond acceptors (Lipinski definition) is 3. The number of nitrogens with one attached hydrogen (secondary N) is 1. The van der Waals surface area contributed by atoms with Crippen molar-refractivity contribution < 1.29 is 9.53 Å². The topological polar surface area (TPSA) is 51.2 Å². The molecule has 0 bridgehead atoms. The van der Waals surface area contributed by atoms with Gasteiger partial charge in [0.05, 0.1) is 5.60 Å². The lowest BCUT2D eigenvalue weighted by atomic mass is 9.56. The predicted octanol–water partition coefficient (Wildman–Crippen LogP) is 2.33. The molecule has 1 heterocycles. The smallest absolute Gasteiger partial charge is 0.220 e. The van der Waals surface area contributed by atoms with Crippen molar-refractivity contribution in [3.05, 3.63) is 30.1 Å². The molecule has 110 valence electrons. The van der Waals surface area contributed by atoms with Crippen LogP contribution in [0.5, 0.6) is 0 Å². The molecule has 20 heavy (non-hydrogen) atoms. The summed E-state index contributed by atoms with van der Waals surface area (Å²) >= 11 is 0. The number of pyridine rings is 1. The van der Waals surface area contributed by atoms with Gasteiger partial charge in [0.25, 0.3) is 0 Å². The molecule has 1 N–H and O–H groups in total. The van der Waals surface area contributed by atoms with E-state index in [2.05, 4.69) is 31.1 Å². The van der Waals surface area contributed by atoms with E-state index in [4.69, 9.17) is 4.74 Å². The van der Waals surface area contributed by atoms with Crippen LogP contribution in [-0.4, -0.2) is 29.6 Å². The van der Waals surface area contributed by atoms with Gasteiger partial charge in [0.15, 0.2) is 0 Å². The van der Waals surface area contributed by atoms with Crippen LogP contribution in [0.2, 0.25) is 0 Å². The number of hydrogen-bond donors (Lipinski definition) is 1. The van der Waals surface area contributed by atoms with E-state index in [9.17, 15) is 4.79 Å². The zero-order valence-corrected chi connectivity index (χ0v) is 12.8. The fraction of sp³-hybridized carbons (Fsp3) is 0.625. The SMILES string of the molecule is COC1(C)CC(NC(=O)CCc2ccncc2)C1(C)C. The van der Waals surface area contributed by atoms with Crippen LogP contribution in [0.4, 0.5) is 0 Å². The van der Waals surface area contributed by atoms with Crippen molar-refractivity contribution in [1.82, 2.24) is 10.3 Å².